The number of anilines is 2. The summed E-state index contributed by atoms with van der Waals surface area (Å²) in [5.41, 5.74) is 2.29. The Morgan fingerprint density at radius 2 is 1.70 bits per heavy atom. The van der Waals surface area contributed by atoms with Crippen molar-refractivity contribution >= 4 is 28.7 Å². The molecule has 6 heteroatoms. The summed E-state index contributed by atoms with van der Waals surface area (Å²) in [5.74, 6) is 0.907. The van der Waals surface area contributed by atoms with Gasteiger partial charge >= 0.3 is 0 Å². The normalized spacial score (nSPS) is 14.6. The molecule has 0 amide bonds. The van der Waals surface area contributed by atoms with Gasteiger partial charge in [0.2, 0.25) is 0 Å². The molecule has 3 rings (SSSR count). The summed E-state index contributed by atoms with van der Waals surface area (Å²) in [6, 6.07) is 18.3. The van der Waals surface area contributed by atoms with E-state index in [9.17, 15) is 0 Å². The molecule has 0 unspecified atom stereocenters. The molecule has 0 saturated carbocycles. The van der Waals surface area contributed by atoms with Gasteiger partial charge in [-0.15, -0.1) is 0 Å². The largest absolute Gasteiger partial charge is 0.497 e. The molecule has 1 aliphatic heterocycles. The molecule has 1 saturated heterocycles. The first-order chi connectivity index (χ1) is 13.2. The van der Waals surface area contributed by atoms with Gasteiger partial charge in [0.05, 0.1) is 7.11 Å². The highest BCUT2D eigenvalue weighted by atomic mass is 32.1. The van der Waals surface area contributed by atoms with E-state index in [1.54, 1.807) is 7.11 Å². The number of hydrogen-bond donors (Lipinski definition) is 2. The van der Waals surface area contributed by atoms with Crippen LogP contribution in [0, 0.1) is 0 Å². The number of hydrogen-bond acceptors (Lipinski definition) is 4. The van der Waals surface area contributed by atoms with Crippen LogP contribution < -0.4 is 20.3 Å². The molecule has 144 valence electrons. The minimum absolute atomic E-state index is 0.686. The number of benzene rings is 2. The van der Waals surface area contributed by atoms with Gasteiger partial charge in [-0.2, -0.15) is 0 Å². The van der Waals surface area contributed by atoms with Crippen LogP contribution in [0.25, 0.3) is 0 Å². The smallest absolute Gasteiger partial charge is 0.170 e. The van der Waals surface area contributed by atoms with Crippen molar-refractivity contribution in [1.82, 2.24) is 10.2 Å². The Morgan fingerprint density at radius 1 is 1.00 bits per heavy atom. The van der Waals surface area contributed by atoms with Crippen molar-refractivity contribution in [1.29, 1.82) is 0 Å². The Kier molecular flexibility index (Phi) is 7.30. The molecule has 2 aromatic carbocycles. The molecule has 0 bridgehead atoms. The molecule has 0 atom stereocenters. The first-order valence-electron chi connectivity index (χ1n) is 9.46. The highest BCUT2D eigenvalue weighted by Crippen LogP contribution is 2.20. The fourth-order valence-electron chi connectivity index (χ4n) is 3.22. The third-order valence-electron chi connectivity index (χ3n) is 4.78. The number of thiocarbonyl (C=S) groups is 1. The highest BCUT2D eigenvalue weighted by molar-refractivity contribution is 7.80. The summed E-state index contributed by atoms with van der Waals surface area (Å²) in [4.78, 5) is 4.96. The molecule has 5 nitrogen and oxygen atoms in total. The Bertz CT molecular complexity index is 700. The molecule has 0 radical (unpaired) electrons. The standard InChI is InChI=1S/C21H28N4OS/c1-26-20-10-8-19(9-11-20)25-16-14-24(15-17-25)13-5-12-22-21(27)23-18-6-3-2-4-7-18/h2-4,6-11H,5,12-17H2,1H3,(H2,22,23,27). The van der Waals surface area contributed by atoms with Crippen LogP contribution in [0.4, 0.5) is 11.4 Å². The van der Waals surface area contributed by atoms with Crippen molar-refractivity contribution in [2.45, 2.75) is 6.42 Å². The Morgan fingerprint density at radius 3 is 2.37 bits per heavy atom. The number of methoxy groups -OCH3 is 1. The van der Waals surface area contributed by atoms with Crippen molar-refractivity contribution in [2.24, 2.45) is 0 Å². The van der Waals surface area contributed by atoms with Gasteiger partial charge in [0.15, 0.2) is 5.11 Å². The molecule has 2 N–H and O–H groups in total. The van der Waals surface area contributed by atoms with Crippen LogP contribution in [0.2, 0.25) is 0 Å². The molecule has 0 aromatic heterocycles. The fourth-order valence-corrected chi connectivity index (χ4v) is 3.44. The first kappa shape index (κ1) is 19.5. The van der Waals surface area contributed by atoms with Gasteiger partial charge in [0, 0.05) is 44.1 Å². The second kappa shape index (κ2) is 10.1. The molecule has 1 aliphatic rings. The van der Waals surface area contributed by atoms with Crippen molar-refractivity contribution in [2.75, 3.05) is 56.6 Å². The van der Waals surface area contributed by atoms with Crippen LogP contribution in [0.1, 0.15) is 6.42 Å². The maximum Gasteiger partial charge on any atom is 0.170 e. The fraction of sp³-hybridized carbons (Fsp3) is 0.381. The van der Waals surface area contributed by atoms with E-state index < -0.39 is 0 Å². The number of nitrogens with one attached hydrogen (secondary N) is 2. The number of nitrogens with zero attached hydrogens (tertiary/aromatic N) is 2. The number of para-hydroxylation sites is 1. The average molecular weight is 385 g/mol. The van der Waals surface area contributed by atoms with Crippen LogP contribution in [0.5, 0.6) is 5.75 Å². The molecular formula is C21H28N4OS. The summed E-state index contributed by atoms with van der Waals surface area (Å²) in [7, 11) is 1.70. The monoisotopic (exact) mass is 384 g/mol. The van der Waals surface area contributed by atoms with E-state index in [1.165, 1.54) is 5.69 Å². The van der Waals surface area contributed by atoms with Crippen LogP contribution >= 0.6 is 12.2 Å². The summed E-state index contributed by atoms with van der Waals surface area (Å²) in [5, 5.41) is 7.18. The van der Waals surface area contributed by atoms with E-state index in [-0.39, 0.29) is 0 Å². The Labute approximate surface area is 167 Å². The van der Waals surface area contributed by atoms with Crippen LogP contribution in [0.3, 0.4) is 0 Å². The molecule has 0 aliphatic carbocycles. The topological polar surface area (TPSA) is 39.8 Å². The van der Waals surface area contributed by atoms with Crippen LogP contribution in [0.15, 0.2) is 54.6 Å². The van der Waals surface area contributed by atoms with E-state index in [0.717, 1.165) is 57.1 Å². The minimum Gasteiger partial charge on any atom is -0.497 e. The lowest BCUT2D eigenvalue weighted by Crippen LogP contribution is -2.47. The van der Waals surface area contributed by atoms with Gasteiger partial charge in [-0.25, -0.2) is 0 Å². The predicted octanol–water partition coefficient (Wildman–Crippen LogP) is 3.19. The molecule has 2 aromatic rings. The molecule has 27 heavy (non-hydrogen) atoms. The second-order valence-electron chi connectivity index (χ2n) is 6.63. The lowest BCUT2D eigenvalue weighted by molar-refractivity contribution is 0.255. The average Bonchev–Trinajstić information content (AvgIpc) is 2.72. The van der Waals surface area contributed by atoms with E-state index in [2.05, 4.69) is 32.6 Å². The maximum atomic E-state index is 5.34. The predicted molar refractivity (Wildman–Crippen MR) is 117 cm³/mol. The zero-order chi connectivity index (χ0) is 18.9. The van der Waals surface area contributed by atoms with Crippen molar-refractivity contribution < 1.29 is 4.74 Å². The molecule has 1 fully saturated rings. The van der Waals surface area contributed by atoms with Crippen molar-refractivity contribution in [3.05, 3.63) is 54.6 Å². The van der Waals surface area contributed by atoms with Crippen LogP contribution in [-0.4, -0.2) is 56.4 Å². The highest BCUT2D eigenvalue weighted by Gasteiger charge is 2.16. The zero-order valence-corrected chi connectivity index (χ0v) is 16.7. The van der Waals surface area contributed by atoms with E-state index in [1.807, 2.05) is 42.5 Å². The van der Waals surface area contributed by atoms with Crippen molar-refractivity contribution in [3.63, 3.8) is 0 Å². The second-order valence-corrected chi connectivity index (χ2v) is 7.04. The maximum absolute atomic E-state index is 5.34. The van der Waals surface area contributed by atoms with Gasteiger partial charge in [0.25, 0.3) is 0 Å². The molecule has 1 heterocycles. The zero-order valence-electron chi connectivity index (χ0n) is 15.9. The van der Waals surface area contributed by atoms with Gasteiger partial charge in [0.1, 0.15) is 5.75 Å². The van der Waals surface area contributed by atoms with E-state index >= 15 is 0 Å². The Hall–Kier alpha value is -2.31. The summed E-state index contributed by atoms with van der Waals surface area (Å²) in [6.45, 7) is 6.30. The van der Waals surface area contributed by atoms with Gasteiger partial charge < -0.3 is 20.3 Å². The Balaban J connectivity index is 1.31. The van der Waals surface area contributed by atoms with Gasteiger partial charge in [-0.3, -0.25) is 4.90 Å². The molecule has 0 spiro atoms. The van der Waals surface area contributed by atoms with E-state index in [0.29, 0.717) is 5.11 Å². The van der Waals surface area contributed by atoms with Crippen LogP contribution in [-0.2, 0) is 0 Å². The quantitative estimate of drug-likeness (QED) is 0.564. The van der Waals surface area contributed by atoms with E-state index in [4.69, 9.17) is 17.0 Å². The third kappa shape index (κ3) is 6.12. The lowest BCUT2D eigenvalue weighted by Gasteiger charge is -2.36. The molecular weight excluding hydrogens is 356 g/mol. The van der Waals surface area contributed by atoms with Crippen molar-refractivity contribution in [3.8, 4) is 5.75 Å². The van der Waals surface area contributed by atoms with Gasteiger partial charge in [-0.1, -0.05) is 18.2 Å². The minimum atomic E-state index is 0.686. The summed E-state index contributed by atoms with van der Waals surface area (Å²) >= 11 is 5.34. The lowest BCUT2D eigenvalue weighted by atomic mass is 10.2. The number of rotatable bonds is 7. The SMILES string of the molecule is COc1ccc(N2CCN(CCCNC(=S)Nc3ccccc3)CC2)cc1. The first-order valence-corrected chi connectivity index (χ1v) is 9.87. The summed E-state index contributed by atoms with van der Waals surface area (Å²) in [6.07, 6.45) is 1.08. The van der Waals surface area contributed by atoms with Gasteiger partial charge in [-0.05, 0) is 61.6 Å². The number of piperazine rings is 1. The summed E-state index contributed by atoms with van der Waals surface area (Å²) < 4.78 is 5.23. The third-order valence-corrected chi connectivity index (χ3v) is 5.02. The number of ether oxygens (including phenoxy) is 1.